The first kappa shape index (κ1) is 18.3. The fraction of sp³-hybridized carbons (Fsp3) is 0.588. The largest absolute Gasteiger partial charge is 0.494 e. The molecule has 0 saturated carbocycles. The van der Waals surface area contributed by atoms with Crippen LogP contribution in [0, 0.1) is 5.92 Å². The maximum Gasteiger partial charge on any atom is 0.315 e. The molecule has 0 heterocycles. The fourth-order valence-corrected chi connectivity index (χ4v) is 2.04. The predicted octanol–water partition coefficient (Wildman–Crippen LogP) is 2.85. The molecule has 2 amide bonds. The number of urea groups is 1. The summed E-state index contributed by atoms with van der Waals surface area (Å²) in [6, 6.07) is 7.34. The summed E-state index contributed by atoms with van der Waals surface area (Å²) in [7, 11) is 0. The van der Waals surface area contributed by atoms with Crippen LogP contribution in [0.25, 0.3) is 0 Å². The first-order valence-electron chi connectivity index (χ1n) is 7.89. The zero-order valence-electron chi connectivity index (χ0n) is 13.9. The average molecular weight is 308 g/mol. The number of carbonyl (C=O) groups is 1. The Balaban J connectivity index is 2.42. The Morgan fingerprint density at radius 1 is 1.32 bits per heavy atom. The molecule has 0 aromatic heterocycles. The van der Waals surface area contributed by atoms with E-state index in [1.54, 1.807) is 0 Å². The van der Waals surface area contributed by atoms with Gasteiger partial charge in [-0.2, -0.15) is 0 Å². The lowest BCUT2D eigenvalue weighted by atomic mass is 10.0. The molecule has 0 spiro atoms. The zero-order valence-corrected chi connectivity index (χ0v) is 13.9. The third-order valence-electron chi connectivity index (χ3n) is 3.51. The number of ether oxygens (including phenoxy) is 1. The molecule has 5 heteroatoms. The maximum absolute atomic E-state index is 11.9. The number of carbonyl (C=O) groups excluding carboxylic acids is 1. The van der Waals surface area contributed by atoms with E-state index in [0.29, 0.717) is 19.6 Å². The number of benzene rings is 1. The second-order valence-corrected chi connectivity index (χ2v) is 5.73. The van der Waals surface area contributed by atoms with Gasteiger partial charge in [0.1, 0.15) is 5.75 Å². The maximum atomic E-state index is 11.9. The summed E-state index contributed by atoms with van der Waals surface area (Å²) < 4.78 is 5.46. The highest BCUT2D eigenvalue weighted by Crippen LogP contribution is 2.19. The highest BCUT2D eigenvalue weighted by atomic mass is 16.5. The molecule has 124 valence electrons. The number of rotatable bonds is 8. The van der Waals surface area contributed by atoms with E-state index in [2.05, 4.69) is 10.6 Å². The lowest BCUT2D eigenvalue weighted by molar-refractivity contribution is 0.116. The standard InChI is InChI=1S/C17H28N2O3/c1-5-22-15-8-6-7-14(11-15)13(4)19-17(21)18-10-9-16(20)12(2)3/h6-8,11-13,16,20H,5,9-10H2,1-4H3,(H2,18,19,21). The van der Waals surface area contributed by atoms with Crippen molar-refractivity contribution >= 4 is 6.03 Å². The number of hydrogen-bond donors (Lipinski definition) is 3. The molecular formula is C17H28N2O3. The van der Waals surface area contributed by atoms with Crippen molar-refractivity contribution in [3.8, 4) is 5.75 Å². The van der Waals surface area contributed by atoms with Crippen LogP contribution in [-0.2, 0) is 0 Å². The molecule has 0 bridgehead atoms. The van der Waals surface area contributed by atoms with Crippen LogP contribution in [0.1, 0.15) is 45.7 Å². The van der Waals surface area contributed by atoms with Gasteiger partial charge in [0.15, 0.2) is 0 Å². The summed E-state index contributed by atoms with van der Waals surface area (Å²) in [4.78, 5) is 11.9. The molecule has 3 N–H and O–H groups in total. The summed E-state index contributed by atoms with van der Waals surface area (Å²) in [5.41, 5.74) is 0.989. The SMILES string of the molecule is CCOc1cccc(C(C)NC(=O)NCCC(O)C(C)C)c1. The predicted molar refractivity (Wildman–Crippen MR) is 88.0 cm³/mol. The van der Waals surface area contributed by atoms with Gasteiger partial charge in [-0.25, -0.2) is 4.79 Å². The van der Waals surface area contributed by atoms with E-state index in [1.807, 2.05) is 52.0 Å². The Kier molecular flexibility index (Phi) is 7.74. The van der Waals surface area contributed by atoms with Crippen LogP contribution in [0.2, 0.25) is 0 Å². The molecule has 1 aromatic rings. The number of aliphatic hydroxyl groups is 1. The van der Waals surface area contributed by atoms with E-state index in [9.17, 15) is 9.90 Å². The van der Waals surface area contributed by atoms with Gasteiger partial charge >= 0.3 is 6.03 Å². The second-order valence-electron chi connectivity index (χ2n) is 5.73. The quantitative estimate of drug-likeness (QED) is 0.691. The van der Waals surface area contributed by atoms with Gasteiger partial charge in [-0.15, -0.1) is 0 Å². The van der Waals surface area contributed by atoms with Crippen molar-refractivity contribution < 1.29 is 14.6 Å². The van der Waals surface area contributed by atoms with Gasteiger partial charge in [0.05, 0.1) is 18.8 Å². The molecule has 5 nitrogen and oxygen atoms in total. The minimum Gasteiger partial charge on any atom is -0.494 e. The molecule has 0 saturated heterocycles. The molecule has 22 heavy (non-hydrogen) atoms. The van der Waals surface area contributed by atoms with Crippen molar-refractivity contribution in [2.75, 3.05) is 13.2 Å². The fourth-order valence-electron chi connectivity index (χ4n) is 2.04. The van der Waals surface area contributed by atoms with Crippen molar-refractivity contribution in [2.45, 2.75) is 46.3 Å². The van der Waals surface area contributed by atoms with Gasteiger partial charge in [-0.1, -0.05) is 26.0 Å². The number of aliphatic hydroxyl groups excluding tert-OH is 1. The Labute approximate surface area is 133 Å². The van der Waals surface area contributed by atoms with Gasteiger partial charge in [0, 0.05) is 6.54 Å². The second kappa shape index (κ2) is 9.30. The molecule has 0 aliphatic rings. The first-order valence-corrected chi connectivity index (χ1v) is 7.89. The van der Waals surface area contributed by atoms with Gasteiger partial charge in [-0.3, -0.25) is 0 Å². The third-order valence-corrected chi connectivity index (χ3v) is 3.51. The van der Waals surface area contributed by atoms with Crippen LogP contribution in [0.4, 0.5) is 4.79 Å². The molecule has 0 radical (unpaired) electrons. The van der Waals surface area contributed by atoms with E-state index in [1.165, 1.54) is 0 Å². The van der Waals surface area contributed by atoms with E-state index >= 15 is 0 Å². The molecule has 0 fully saturated rings. The van der Waals surface area contributed by atoms with Crippen molar-refractivity contribution in [1.82, 2.24) is 10.6 Å². The lowest BCUT2D eigenvalue weighted by Gasteiger charge is -2.17. The van der Waals surface area contributed by atoms with Gasteiger partial charge in [0.25, 0.3) is 0 Å². The minimum atomic E-state index is -0.388. The zero-order chi connectivity index (χ0) is 16.5. The molecule has 0 aliphatic heterocycles. The van der Waals surface area contributed by atoms with E-state index in [-0.39, 0.29) is 24.1 Å². The van der Waals surface area contributed by atoms with Crippen LogP contribution >= 0.6 is 0 Å². The van der Waals surface area contributed by atoms with Crippen LogP contribution in [0.5, 0.6) is 5.75 Å². The summed E-state index contributed by atoms with van der Waals surface area (Å²) >= 11 is 0. The van der Waals surface area contributed by atoms with Crippen LogP contribution < -0.4 is 15.4 Å². The Morgan fingerprint density at radius 2 is 2.05 bits per heavy atom. The molecule has 1 aromatic carbocycles. The van der Waals surface area contributed by atoms with E-state index < -0.39 is 0 Å². The van der Waals surface area contributed by atoms with Crippen LogP contribution in [0.15, 0.2) is 24.3 Å². The Morgan fingerprint density at radius 3 is 2.68 bits per heavy atom. The smallest absolute Gasteiger partial charge is 0.315 e. The van der Waals surface area contributed by atoms with Gasteiger partial charge < -0.3 is 20.5 Å². The Hall–Kier alpha value is -1.75. The molecular weight excluding hydrogens is 280 g/mol. The highest BCUT2D eigenvalue weighted by Gasteiger charge is 2.12. The van der Waals surface area contributed by atoms with E-state index in [0.717, 1.165) is 11.3 Å². The van der Waals surface area contributed by atoms with E-state index in [4.69, 9.17) is 4.74 Å². The van der Waals surface area contributed by atoms with Crippen molar-refractivity contribution in [1.29, 1.82) is 0 Å². The topological polar surface area (TPSA) is 70.6 Å². The average Bonchev–Trinajstić information content (AvgIpc) is 2.47. The monoisotopic (exact) mass is 308 g/mol. The number of amides is 2. The molecule has 1 rings (SSSR count). The molecule has 2 unspecified atom stereocenters. The van der Waals surface area contributed by atoms with Crippen LogP contribution in [-0.4, -0.2) is 30.4 Å². The molecule has 0 aliphatic carbocycles. The third kappa shape index (κ3) is 6.35. The van der Waals surface area contributed by atoms with Crippen molar-refractivity contribution in [3.05, 3.63) is 29.8 Å². The van der Waals surface area contributed by atoms with Crippen LogP contribution in [0.3, 0.4) is 0 Å². The Bertz CT molecular complexity index is 463. The van der Waals surface area contributed by atoms with Crippen molar-refractivity contribution in [3.63, 3.8) is 0 Å². The lowest BCUT2D eigenvalue weighted by Crippen LogP contribution is -2.38. The normalized spacial score (nSPS) is 13.5. The highest BCUT2D eigenvalue weighted by molar-refractivity contribution is 5.74. The minimum absolute atomic E-state index is 0.115. The van der Waals surface area contributed by atoms with Gasteiger partial charge in [-0.05, 0) is 43.9 Å². The molecule has 2 atom stereocenters. The first-order chi connectivity index (χ1) is 10.4. The number of hydrogen-bond acceptors (Lipinski definition) is 3. The summed E-state index contributed by atoms with van der Waals surface area (Å²) in [5.74, 6) is 0.999. The van der Waals surface area contributed by atoms with Gasteiger partial charge in [0.2, 0.25) is 0 Å². The number of nitrogens with one attached hydrogen (secondary N) is 2. The van der Waals surface area contributed by atoms with Crippen molar-refractivity contribution in [2.24, 2.45) is 5.92 Å². The summed E-state index contributed by atoms with van der Waals surface area (Å²) in [6.45, 7) is 8.85. The summed E-state index contributed by atoms with van der Waals surface area (Å²) in [6.07, 6.45) is 0.167. The summed E-state index contributed by atoms with van der Waals surface area (Å²) in [5, 5.41) is 15.3.